The van der Waals surface area contributed by atoms with E-state index in [1.54, 1.807) is 11.1 Å². The lowest BCUT2D eigenvalue weighted by Gasteiger charge is -2.48. The molecule has 3 heteroatoms. The number of ether oxygens (including phenoxy) is 1. The summed E-state index contributed by atoms with van der Waals surface area (Å²) in [6, 6.07) is 0.628. The van der Waals surface area contributed by atoms with Crippen LogP contribution in [-0.2, 0) is 9.53 Å². The van der Waals surface area contributed by atoms with Crippen LogP contribution in [0, 0.1) is 29.1 Å². The summed E-state index contributed by atoms with van der Waals surface area (Å²) in [6.45, 7) is 12.3. The normalized spacial score (nSPS) is 47.6. The van der Waals surface area contributed by atoms with E-state index >= 15 is 0 Å². The van der Waals surface area contributed by atoms with E-state index in [1.165, 1.54) is 63.6 Å². The minimum atomic E-state index is 0.0590. The number of carbonyl (C=O) groups excluding carboxylic acids is 1. The lowest BCUT2D eigenvalue weighted by Crippen LogP contribution is -2.49. The fourth-order valence-electron chi connectivity index (χ4n) is 9.76. The van der Waals surface area contributed by atoms with Crippen molar-refractivity contribution in [1.29, 1.82) is 0 Å². The lowest BCUT2D eigenvalue weighted by atomic mass is 9.56. The van der Waals surface area contributed by atoms with Gasteiger partial charge in [-0.2, -0.15) is 0 Å². The summed E-state index contributed by atoms with van der Waals surface area (Å²) in [6.07, 6.45) is 15.6. The highest BCUT2D eigenvalue weighted by atomic mass is 16.5. The number of hydrogen-bond acceptors (Lipinski definition) is 3. The highest BCUT2D eigenvalue weighted by molar-refractivity contribution is 5.91. The Labute approximate surface area is 201 Å². The molecule has 0 amide bonds. The van der Waals surface area contributed by atoms with Gasteiger partial charge in [0.2, 0.25) is 0 Å². The zero-order chi connectivity index (χ0) is 23.0. The number of likely N-dealkylation sites (tertiary alicyclic amines) is 1. The maximum absolute atomic E-state index is 12.1. The molecule has 0 radical (unpaired) electrons. The highest BCUT2D eigenvalue weighted by Gasteiger charge is 2.58. The van der Waals surface area contributed by atoms with Gasteiger partial charge in [-0.15, -0.1) is 0 Å². The van der Waals surface area contributed by atoms with E-state index in [-0.39, 0.29) is 11.0 Å². The highest BCUT2D eigenvalue weighted by Crippen LogP contribution is 2.64. The van der Waals surface area contributed by atoms with Crippen molar-refractivity contribution >= 4 is 5.78 Å². The van der Waals surface area contributed by atoms with Crippen molar-refractivity contribution in [3.63, 3.8) is 0 Å². The largest absolute Gasteiger partial charge is 0.369 e. The maximum atomic E-state index is 12.1. The molecule has 1 spiro atoms. The van der Waals surface area contributed by atoms with Gasteiger partial charge < -0.3 is 4.74 Å². The van der Waals surface area contributed by atoms with Crippen LogP contribution in [0.3, 0.4) is 0 Å². The number of piperidine rings is 1. The van der Waals surface area contributed by atoms with Crippen molar-refractivity contribution in [3.8, 4) is 0 Å². The third kappa shape index (κ3) is 3.31. The van der Waals surface area contributed by atoms with Crippen molar-refractivity contribution in [1.82, 2.24) is 4.90 Å². The number of rotatable bonds is 2. The Bertz CT molecular complexity index is 886. The molecule has 3 nitrogen and oxygen atoms in total. The standard InChI is InChI=1S/C30H45NO2/c1-5-14-31-15-6-7-27-28(31)20(3)30(33-27)13-11-23-24-9-8-21-16-22(32)10-12-29(21,4)26(24)17-25(23)19(2)18-30/h16,20,23-24,26-28H,5-15,17-18H2,1-4H3/t20-,23+,24?,26+,27-,28+,29+,30+/m1/s1. The molecule has 4 aliphatic carbocycles. The summed E-state index contributed by atoms with van der Waals surface area (Å²) in [4.78, 5) is 14.9. The smallest absolute Gasteiger partial charge is 0.155 e. The molecule has 0 aromatic carbocycles. The molecule has 0 bridgehead atoms. The fourth-order valence-corrected chi connectivity index (χ4v) is 9.76. The summed E-state index contributed by atoms with van der Waals surface area (Å²) in [5.74, 6) is 3.32. The number of fused-ring (bicyclic) bond motifs is 6. The van der Waals surface area contributed by atoms with Crippen molar-refractivity contribution in [2.24, 2.45) is 29.1 Å². The first-order chi connectivity index (χ1) is 15.9. The first-order valence-electron chi connectivity index (χ1n) is 14.2. The van der Waals surface area contributed by atoms with E-state index in [9.17, 15) is 4.79 Å². The van der Waals surface area contributed by atoms with E-state index in [2.05, 4.69) is 32.6 Å². The molecule has 8 atom stereocenters. The summed E-state index contributed by atoms with van der Waals surface area (Å²) >= 11 is 0. The van der Waals surface area contributed by atoms with Gasteiger partial charge in [-0.1, -0.05) is 37.5 Å². The van der Waals surface area contributed by atoms with Gasteiger partial charge in [0.25, 0.3) is 0 Å². The monoisotopic (exact) mass is 451 g/mol. The third-order valence-electron chi connectivity index (χ3n) is 11.4. The van der Waals surface area contributed by atoms with Gasteiger partial charge in [-0.3, -0.25) is 9.69 Å². The van der Waals surface area contributed by atoms with E-state index in [4.69, 9.17) is 4.74 Å². The van der Waals surface area contributed by atoms with Gasteiger partial charge in [0.05, 0.1) is 11.7 Å². The van der Waals surface area contributed by atoms with Crippen LogP contribution >= 0.6 is 0 Å². The van der Waals surface area contributed by atoms with Crippen LogP contribution in [0.4, 0.5) is 0 Å². The number of allylic oxidation sites excluding steroid dienone is 3. The number of hydrogen-bond donors (Lipinski definition) is 0. The van der Waals surface area contributed by atoms with Gasteiger partial charge in [-0.05, 0) is 113 Å². The van der Waals surface area contributed by atoms with Crippen LogP contribution in [0.1, 0.15) is 98.3 Å². The van der Waals surface area contributed by atoms with Crippen molar-refractivity contribution in [2.75, 3.05) is 13.1 Å². The Morgan fingerprint density at radius 3 is 2.85 bits per heavy atom. The quantitative estimate of drug-likeness (QED) is 0.450. The van der Waals surface area contributed by atoms with Crippen LogP contribution in [0.15, 0.2) is 22.8 Å². The minimum Gasteiger partial charge on any atom is -0.369 e. The molecule has 2 heterocycles. The third-order valence-corrected chi connectivity index (χ3v) is 11.4. The molecule has 33 heavy (non-hydrogen) atoms. The van der Waals surface area contributed by atoms with Gasteiger partial charge in [0, 0.05) is 18.4 Å². The fraction of sp³-hybridized carbons (Fsp3) is 0.833. The molecule has 4 fully saturated rings. The summed E-state index contributed by atoms with van der Waals surface area (Å²) in [7, 11) is 0. The molecule has 2 saturated carbocycles. The second-order valence-corrected chi connectivity index (χ2v) is 12.9. The maximum Gasteiger partial charge on any atom is 0.155 e. The topological polar surface area (TPSA) is 29.5 Å². The Morgan fingerprint density at radius 1 is 1.18 bits per heavy atom. The van der Waals surface area contributed by atoms with Gasteiger partial charge in [-0.25, -0.2) is 0 Å². The first-order valence-corrected chi connectivity index (χ1v) is 14.2. The Hall–Kier alpha value is -0.930. The summed E-state index contributed by atoms with van der Waals surface area (Å²) in [5, 5.41) is 0. The zero-order valence-electron chi connectivity index (χ0n) is 21.5. The molecule has 182 valence electrons. The van der Waals surface area contributed by atoms with E-state index < -0.39 is 0 Å². The molecule has 6 aliphatic rings. The number of carbonyl (C=O) groups is 1. The molecular weight excluding hydrogens is 406 g/mol. The predicted octanol–water partition coefficient (Wildman–Crippen LogP) is 6.48. The van der Waals surface area contributed by atoms with Gasteiger partial charge >= 0.3 is 0 Å². The van der Waals surface area contributed by atoms with Gasteiger partial charge in [0.1, 0.15) is 0 Å². The Morgan fingerprint density at radius 2 is 2.03 bits per heavy atom. The molecule has 0 aromatic rings. The van der Waals surface area contributed by atoms with Crippen LogP contribution in [0.5, 0.6) is 0 Å². The summed E-state index contributed by atoms with van der Waals surface area (Å²) in [5.41, 5.74) is 5.28. The van der Waals surface area contributed by atoms with Crippen LogP contribution in [0.25, 0.3) is 0 Å². The van der Waals surface area contributed by atoms with E-state index in [0.29, 0.717) is 23.8 Å². The van der Waals surface area contributed by atoms with Crippen molar-refractivity contribution < 1.29 is 9.53 Å². The second-order valence-electron chi connectivity index (χ2n) is 12.9. The van der Waals surface area contributed by atoms with Crippen molar-refractivity contribution in [2.45, 2.75) is 116 Å². The Kier molecular flexibility index (Phi) is 5.50. The molecule has 2 saturated heterocycles. The zero-order valence-corrected chi connectivity index (χ0v) is 21.5. The second kappa shape index (κ2) is 8.05. The lowest BCUT2D eigenvalue weighted by molar-refractivity contribution is -0.116. The number of nitrogens with zero attached hydrogens (tertiary/aromatic N) is 1. The minimum absolute atomic E-state index is 0.0590. The molecule has 1 unspecified atom stereocenters. The predicted molar refractivity (Wildman–Crippen MR) is 133 cm³/mol. The average molecular weight is 452 g/mol. The number of ketones is 1. The van der Waals surface area contributed by atoms with Crippen LogP contribution in [-0.4, -0.2) is 41.5 Å². The van der Waals surface area contributed by atoms with Gasteiger partial charge in [0.15, 0.2) is 5.78 Å². The van der Waals surface area contributed by atoms with E-state index in [1.807, 2.05) is 6.08 Å². The molecule has 0 N–H and O–H groups in total. The summed E-state index contributed by atoms with van der Waals surface area (Å²) < 4.78 is 7.13. The Balaban J connectivity index is 1.29. The first kappa shape index (κ1) is 22.5. The van der Waals surface area contributed by atoms with Crippen LogP contribution in [0.2, 0.25) is 0 Å². The van der Waals surface area contributed by atoms with Crippen molar-refractivity contribution in [3.05, 3.63) is 22.8 Å². The molecule has 0 aromatic heterocycles. The van der Waals surface area contributed by atoms with Crippen LogP contribution < -0.4 is 0 Å². The average Bonchev–Trinajstić information content (AvgIpc) is 3.26. The molecule has 2 aliphatic heterocycles. The molecule has 6 rings (SSSR count). The SMILES string of the molecule is CCCN1CCC[C@H]2O[C@]3(CC[C@@H]4C(=C(C)C3)C[C@H]3C4CCC4=CC(=O)CC[C@@]43C)[C@H](C)[C@@H]21. The molecular formula is C30H45NO2. The van der Waals surface area contributed by atoms with E-state index in [0.717, 1.165) is 43.4 Å².